The molecule has 0 saturated carbocycles. The molecule has 26 heavy (non-hydrogen) atoms. The molecule has 2 N–H and O–H groups in total. The monoisotopic (exact) mass is 374 g/mol. The van der Waals surface area contributed by atoms with Crippen LogP contribution in [0.2, 0.25) is 0 Å². The standard InChI is InChI=1S/C16H17F3N2O5/c1-8-3-4-12(9(5-8)14(24)26-2)20-15(25)21-6-10(13(22)23)11(7-21)16(17,18)19/h3-5,10-11H,6-7H2,1-2H3,(H,20,25)(H,22,23)/t10-,11-/m1/s1. The van der Waals surface area contributed by atoms with Crippen LogP contribution in [0.5, 0.6) is 0 Å². The van der Waals surface area contributed by atoms with Crippen molar-refractivity contribution < 1.29 is 37.4 Å². The van der Waals surface area contributed by atoms with Gasteiger partial charge in [-0.2, -0.15) is 13.2 Å². The molecule has 142 valence electrons. The summed E-state index contributed by atoms with van der Waals surface area (Å²) < 4.78 is 43.7. The van der Waals surface area contributed by atoms with E-state index in [9.17, 15) is 27.6 Å². The second kappa shape index (κ2) is 7.22. The Kier molecular flexibility index (Phi) is 5.43. The number of rotatable bonds is 3. The molecule has 2 rings (SSSR count). The SMILES string of the molecule is COC(=O)c1cc(C)ccc1NC(=O)N1C[C@@H](C(F)(F)F)[C@H](C(=O)O)C1. The van der Waals surface area contributed by atoms with E-state index in [2.05, 4.69) is 10.1 Å². The van der Waals surface area contributed by atoms with Crippen molar-refractivity contribution >= 4 is 23.7 Å². The number of likely N-dealkylation sites (tertiary alicyclic amines) is 1. The summed E-state index contributed by atoms with van der Waals surface area (Å²) in [5.74, 6) is -6.22. The molecule has 0 unspecified atom stereocenters. The van der Waals surface area contributed by atoms with E-state index in [0.717, 1.165) is 12.0 Å². The second-order valence-corrected chi connectivity index (χ2v) is 5.97. The normalized spacial score (nSPS) is 20.0. The molecule has 1 aliphatic rings. The molecule has 2 amide bonds. The smallest absolute Gasteiger partial charge is 0.394 e. The molecule has 0 bridgehead atoms. The van der Waals surface area contributed by atoms with Crippen LogP contribution >= 0.6 is 0 Å². The van der Waals surface area contributed by atoms with Crippen LogP contribution in [-0.2, 0) is 9.53 Å². The molecule has 0 spiro atoms. The molecule has 2 atom stereocenters. The summed E-state index contributed by atoms with van der Waals surface area (Å²) >= 11 is 0. The van der Waals surface area contributed by atoms with Crippen molar-refractivity contribution in [1.29, 1.82) is 0 Å². The van der Waals surface area contributed by atoms with Crippen LogP contribution in [0.4, 0.5) is 23.7 Å². The minimum absolute atomic E-state index is 0.0437. The highest BCUT2D eigenvalue weighted by Gasteiger charge is 2.53. The molecular formula is C16H17F3N2O5. The van der Waals surface area contributed by atoms with Crippen molar-refractivity contribution in [2.75, 3.05) is 25.5 Å². The summed E-state index contributed by atoms with van der Waals surface area (Å²) in [5.41, 5.74) is 0.824. The van der Waals surface area contributed by atoms with E-state index in [-0.39, 0.29) is 11.3 Å². The number of nitrogens with zero attached hydrogens (tertiary/aromatic N) is 1. The van der Waals surface area contributed by atoms with E-state index in [1.807, 2.05) is 0 Å². The molecule has 1 fully saturated rings. The largest absolute Gasteiger partial charge is 0.481 e. The number of alkyl halides is 3. The molecule has 0 radical (unpaired) electrons. The molecule has 1 saturated heterocycles. The van der Waals surface area contributed by atoms with Gasteiger partial charge in [-0.1, -0.05) is 11.6 Å². The highest BCUT2D eigenvalue weighted by atomic mass is 19.4. The highest BCUT2D eigenvalue weighted by Crippen LogP contribution is 2.38. The number of carboxylic acid groups (broad SMARTS) is 1. The number of hydrogen-bond acceptors (Lipinski definition) is 4. The molecule has 0 aliphatic carbocycles. The van der Waals surface area contributed by atoms with Crippen molar-refractivity contribution in [3.05, 3.63) is 29.3 Å². The van der Waals surface area contributed by atoms with Crippen LogP contribution in [0.1, 0.15) is 15.9 Å². The van der Waals surface area contributed by atoms with Crippen LogP contribution in [-0.4, -0.2) is 54.4 Å². The van der Waals surface area contributed by atoms with E-state index < -0.39 is 49.1 Å². The first-order chi connectivity index (χ1) is 12.0. The minimum Gasteiger partial charge on any atom is -0.481 e. The Hall–Kier alpha value is -2.78. The third-order valence-electron chi connectivity index (χ3n) is 4.17. The molecule has 1 aromatic rings. The summed E-state index contributed by atoms with van der Waals surface area (Å²) in [5, 5.41) is 11.3. The molecule has 1 aliphatic heterocycles. The lowest BCUT2D eigenvalue weighted by molar-refractivity contribution is -0.187. The fourth-order valence-corrected chi connectivity index (χ4v) is 2.79. The van der Waals surface area contributed by atoms with E-state index >= 15 is 0 Å². The third-order valence-corrected chi connectivity index (χ3v) is 4.17. The Balaban J connectivity index is 2.21. The van der Waals surface area contributed by atoms with Gasteiger partial charge in [-0.3, -0.25) is 4.79 Å². The first kappa shape index (κ1) is 19.5. The average molecular weight is 374 g/mol. The number of hydrogen-bond donors (Lipinski definition) is 2. The number of carbonyl (C=O) groups excluding carboxylic acids is 2. The Bertz CT molecular complexity index is 735. The summed E-state index contributed by atoms with van der Waals surface area (Å²) in [7, 11) is 1.15. The predicted octanol–water partition coefficient (Wildman–Crippen LogP) is 2.51. The van der Waals surface area contributed by atoms with Crippen LogP contribution in [0.25, 0.3) is 0 Å². The lowest BCUT2D eigenvalue weighted by Crippen LogP contribution is -2.35. The lowest BCUT2D eigenvalue weighted by atomic mass is 9.96. The van der Waals surface area contributed by atoms with Gasteiger partial charge in [0.1, 0.15) is 0 Å². The number of aryl methyl sites for hydroxylation is 1. The van der Waals surface area contributed by atoms with Gasteiger partial charge >= 0.3 is 24.1 Å². The van der Waals surface area contributed by atoms with E-state index in [4.69, 9.17) is 5.11 Å². The molecule has 1 aromatic carbocycles. The number of amides is 2. The van der Waals surface area contributed by atoms with Crippen molar-refractivity contribution in [3.63, 3.8) is 0 Å². The summed E-state index contributed by atoms with van der Waals surface area (Å²) in [6.07, 6.45) is -4.74. The predicted molar refractivity (Wildman–Crippen MR) is 83.8 cm³/mol. The molecular weight excluding hydrogens is 357 g/mol. The van der Waals surface area contributed by atoms with Gasteiger partial charge in [0.05, 0.1) is 30.2 Å². The minimum atomic E-state index is -4.74. The second-order valence-electron chi connectivity index (χ2n) is 5.97. The fourth-order valence-electron chi connectivity index (χ4n) is 2.79. The Morgan fingerprint density at radius 1 is 1.27 bits per heavy atom. The zero-order valence-corrected chi connectivity index (χ0v) is 14.0. The number of halogens is 3. The van der Waals surface area contributed by atoms with Crippen LogP contribution < -0.4 is 5.32 Å². The number of carbonyl (C=O) groups is 3. The van der Waals surface area contributed by atoms with E-state index in [1.165, 1.54) is 12.1 Å². The van der Waals surface area contributed by atoms with Gasteiger partial charge in [0.2, 0.25) is 0 Å². The number of esters is 1. The number of methoxy groups -OCH3 is 1. The summed E-state index contributed by atoms with van der Waals surface area (Å²) in [4.78, 5) is 36.0. The number of nitrogens with one attached hydrogen (secondary N) is 1. The van der Waals surface area contributed by atoms with Crippen molar-refractivity contribution in [2.45, 2.75) is 13.1 Å². The van der Waals surface area contributed by atoms with Gasteiger partial charge in [0, 0.05) is 13.1 Å². The zero-order chi connectivity index (χ0) is 19.6. The van der Waals surface area contributed by atoms with Crippen LogP contribution in [0.3, 0.4) is 0 Å². The van der Waals surface area contributed by atoms with Gasteiger partial charge in [-0.05, 0) is 19.1 Å². The molecule has 0 aromatic heterocycles. The van der Waals surface area contributed by atoms with Crippen molar-refractivity contribution in [2.24, 2.45) is 11.8 Å². The van der Waals surface area contributed by atoms with Gasteiger partial charge in [-0.25, -0.2) is 9.59 Å². The Morgan fingerprint density at radius 3 is 2.42 bits per heavy atom. The number of urea groups is 1. The summed E-state index contributed by atoms with van der Waals surface area (Å²) in [6, 6.07) is 3.57. The molecule has 1 heterocycles. The van der Waals surface area contributed by atoms with Gasteiger partial charge in [0.25, 0.3) is 0 Å². The van der Waals surface area contributed by atoms with Gasteiger partial charge < -0.3 is 20.1 Å². The van der Waals surface area contributed by atoms with E-state index in [0.29, 0.717) is 5.56 Å². The van der Waals surface area contributed by atoms with Crippen LogP contribution in [0.15, 0.2) is 18.2 Å². The summed E-state index contributed by atoms with van der Waals surface area (Å²) in [6.45, 7) is 0.361. The number of benzene rings is 1. The third kappa shape index (κ3) is 4.06. The highest BCUT2D eigenvalue weighted by molar-refractivity contribution is 6.01. The van der Waals surface area contributed by atoms with E-state index in [1.54, 1.807) is 13.0 Å². The Labute approximate surface area is 146 Å². The fraction of sp³-hybridized carbons (Fsp3) is 0.438. The lowest BCUT2D eigenvalue weighted by Gasteiger charge is -2.19. The maximum absolute atomic E-state index is 13.0. The first-order valence-electron chi connectivity index (χ1n) is 7.59. The van der Waals surface area contributed by atoms with Gasteiger partial charge in [0.15, 0.2) is 0 Å². The molecule has 7 nitrogen and oxygen atoms in total. The first-order valence-corrected chi connectivity index (χ1v) is 7.59. The topological polar surface area (TPSA) is 95.9 Å². The van der Waals surface area contributed by atoms with Gasteiger partial charge in [-0.15, -0.1) is 0 Å². The maximum Gasteiger partial charge on any atom is 0.394 e. The van der Waals surface area contributed by atoms with Crippen LogP contribution in [0, 0.1) is 18.8 Å². The number of ether oxygens (including phenoxy) is 1. The van der Waals surface area contributed by atoms with Crippen molar-refractivity contribution in [3.8, 4) is 0 Å². The number of carboxylic acids is 1. The maximum atomic E-state index is 13.0. The quantitative estimate of drug-likeness (QED) is 0.793. The number of anilines is 1. The van der Waals surface area contributed by atoms with Crippen molar-refractivity contribution in [1.82, 2.24) is 4.90 Å². The zero-order valence-electron chi connectivity index (χ0n) is 14.0. The molecule has 10 heteroatoms. The average Bonchev–Trinajstić information content (AvgIpc) is 3.01. The Morgan fingerprint density at radius 2 is 1.92 bits per heavy atom. The number of aliphatic carboxylic acids is 1.